The minimum Gasteiger partial charge on any atom is -0.497 e. The molecule has 0 saturated heterocycles. The zero-order chi connectivity index (χ0) is 26.8. The highest BCUT2D eigenvalue weighted by Crippen LogP contribution is 2.32. The summed E-state index contributed by atoms with van der Waals surface area (Å²) in [5.41, 5.74) is 4.26. The summed E-state index contributed by atoms with van der Waals surface area (Å²) in [5.74, 6) is 1.01. The Morgan fingerprint density at radius 1 is 1.05 bits per heavy atom. The first kappa shape index (κ1) is 24.7. The molecular formula is C30H27FN6O2. The second-order valence-corrected chi connectivity index (χ2v) is 9.57. The van der Waals surface area contributed by atoms with Crippen molar-refractivity contribution >= 4 is 16.5 Å². The summed E-state index contributed by atoms with van der Waals surface area (Å²) >= 11 is 0. The van der Waals surface area contributed by atoms with Gasteiger partial charge in [0, 0.05) is 24.7 Å². The monoisotopic (exact) mass is 522 g/mol. The summed E-state index contributed by atoms with van der Waals surface area (Å²) in [7, 11) is 1.60. The molecule has 8 nitrogen and oxygen atoms in total. The molecule has 0 spiro atoms. The molecule has 3 aromatic carbocycles. The smallest absolute Gasteiger partial charge is 0.253 e. The second-order valence-electron chi connectivity index (χ2n) is 9.57. The topological polar surface area (TPSA) is 88.9 Å². The van der Waals surface area contributed by atoms with Crippen molar-refractivity contribution in [1.29, 1.82) is 0 Å². The average molecular weight is 523 g/mol. The van der Waals surface area contributed by atoms with Crippen molar-refractivity contribution in [3.05, 3.63) is 124 Å². The Balaban J connectivity index is 1.41. The predicted molar refractivity (Wildman–Crippen MR) is 147 cm³/mol. The fourth-order valence-electron chi connectivity index (χ4n) is 5.15. The van der Waals surface area contributed by atoms with E-state index in [0.29, 0.717) is 42.3 Å². The van der Waals surface area contributed by atoms with E-state index in [-0.39, 0.29) is 11.4 Å². The van der Waals surface area contributed by atoms with E-state index in [1.807, 2.05) is 54.6 Å². The molecule has 0 amide bonds. The van der Waals surface area contributed by atoms with Crippen LogP contribution in [0.1, 0.15) is 35.0 Å². The molecule has 0 bridgehead atoms. The fraction of sp³-hybridized carbons (Fsp3) is 0.200. The molecule has 0 aliphatic carbocycles. The van der Waals surface area contributed by atoms with Crippen molar-refractivity contribution in [1.82, 2.24) is 30.1 Å². The summed E-state index contributed by atoms with van der Waals surface area (Å²) < 4.78 is 20.6. The van der Waals surface area contributed by atoms with E-state index in [4.69, 9.17) is 4.74 Å². The molecule has 0 radical (unpaired) electrons. The number of methoxy groups -OCH3 is 1. The van der Waals surface area contributed by atoms with Crippen LogP contribution in [0.4, 0.5) is 4.39 Å². The minimum absolute atomic E-state index is 0.205. The number of ether oxygens (including phenoxy) is 1. The summed E-state index contributed by atoms with van der Waals surface area (Å²) in [4.78, 5) is 18.8. The van der Waals surface area contributed by atoms with E-state index < -0.39 is 6.04 Å². The minimum atomic E-state index is -0.481. The van der Waals surface area contributed by atoms with E-state index >= 15 is 0 Å². The molecule has 6 rings (SSSR count). The van der Waals surface area contributed by atoms with Crippen molar-refractivity contribution in [2.24, 2.45) is 0 Å². The van der Waals surface area contributed by atoms with Gasteiger partial charge in [-0.1, -0.05) is 48.5 Å². The third kappa shape index (κ3) is 5.08. The third-order valence-corrected chi connectivity index (χ3v) is 7.18. The number of rotatable bonds is 7. The number of aromatic amines is 1. The lowest BCUT2D eigenvalue weighted by atomic mass is 9.96. The number of benzene rings is 3. The van der Waals surface area contributed by atoms with E-state index in [0.717, 1.165) is 28.5 Å². The number of aromatic nitrogens is 5. The average Bonchev–Trinajstić information content (AvgIpc) is 3.42. The number of nitrogens with zero attached hydrogens (tertiary/aromatic N) is 5. The highest BCUT2D eigenvalue weighted by Gasteiger charge is 2.31. The molecule has 39 heavy (non-hydrogen) atoms. The van der Waals surface area contributed by atoms with Gasteiger partial charge in [-0.05, 0) is 69.3 Å². The van der Waals surface area contributed by atoms with Crippen molar-refractivity contribution in [3.63, 3.8) is 0 Å². The molecule has 1 aliphatic rings. The summed E-state index contributed by atoms with van der Waals surface area (Å²) in [5, 5.41) is 13.6. The second kappa shape index (κ2) is 10.6. The number of halogens is 1. The summed E-state index contributed by atoms with van der Waals surface area (Å²) in [6.45, 7) is 1.73. The van der Waals surface area contributed by atoms with Crippen LogP contribution in [-0.2, 0) is 6.54 Å². The van der Waals surface area contributed by atoms with Crippen molar-refractivity contribution < 1.29 is 9.13 Å². The summed E-state index contributed by atoms with van der Waals surface area (Å²) in [6.07, 6.45) is 2.88. The van der Waals surface area contributed by atoms with Gasteiger partial charge < -0.3 is 9.72 Å². The SMILES string of the molecule is COc1ccc2cc(C(c3nnnn3Cc3ccccc3)N3CC=C(c4ccc(F)cc4)CC3)c(=O)[nH]c2c1. The first-order valence-electron chi connectivity index (χ1n) is 12.8. The van der Waals surface area contributed by atoms with Gasteiger partial charge in [0.15, 0.2) is 5.82 Å². The van der Waals surface area contributed by atoms with E-state index in [1.165, 1.54) is 12.1 Å². The van der Waals surface area contributed by atoms with Gasteiger partial charge >= 0.3 is 0 Å². The quantitative estimate of drug-likeness (QED) is 0.336. The zero-order valence-corrected chi connectivity index (χ0v) is 21.4. The zero-order valence-electron chi connectivity index (χ0n) is 21.4. The van der Waals surface area contributed by atoms with Gasteiger partial charge in [-0.15, -0.1) is 5.10 Å². The molecule has 5 aromatic rings. The van der Waals surface area contributed by atoms with Crippen molar-refractivity contribution in [2.45, 2.75) is 19.0 Å². The van der Waals surface area contributed by atoms with Crippen LogP contribution in [-0.4, -0.2) is 50.3 Å². The maximum Gasteiger partial charge on any atom is 0.253 e. The molecular weight excluding hydrogens is 495 g/mol. The molecule has 9 heteroatoms. The van der Waals surface area contributed by atoms with Crippen LogP contribution in [0.5, 0.6) is 5.75 Å². The van der Waals surface area contributed by atoms with Gasteiger partial charge in [0.05, 0.1) is 19.2 Å². The lowest BCUT2D eigenvalue weighted by molar-refractivity contribution is 0.234. The molecule has 1 aliphatic heterocycles. The Labute approximate surface area is 224 Å². The lowest BCUT2D eigenvalue weighted by Gasteiger charge is -2.33. The van der Waals surface area contributed by atoms with E-state index in [9.17, 15) is 9.18 Å². The Bertz CT molecular complexity index is 1690. The van der Waals surface area contributed by atoms with Crippen LogP contribution in [0.3, 0.4) is 0 Å². The number of H-pyrrole nitrogens is 1. The van der Waals surface area contributed by atoms with Gasteiger partial charge in [0.2, 0.25) is 0 Å². The van der Waals surface area contributed by atoms with Crippen LogP contribution in [0, 0.1) is 5.82 Å². The molecule has 3 heterocycles. The molecule has 0 fully saturated rings. The maximum absolute atomic E-state index is 13.5. The Hall–Kier alpha value is -4.63. The number of hydrogen-bond donors (Lipinski definition) is 1. The van der Waals surface area contributed by atoms with Crippen molar-refractivity contribution in [3.8, 4) is 5.75 Å². The van der Waals surface area contributed by atoms with Crippen molar-refractivity contribution in [2.75, 3.05) is 20.2 Å². The normalized spacial score (nSPS) is 14.8. The first-order valence-corrected chi connectivity index (χ1v) is 12.8. The highest BCUT2D eigenvalue weighted by atomic mass is 19.1. The van der Waals surface area contributed by atoms with Gasteiger partial charge in [-0.3, -0.25) is 9.69 Å². The number of pyridine rings is 1. The Morgan fingerprint density at radius 2 is 1.87 bits per heavy atom. The molecule has 0 saturated carbocycles. The van der Waals surface area contributed by atoms with Crippen LogP contribution in [0.25, 0.3) is 16.5 Å². The highest BCUT2D eigenvalue weighted by molar-refractivity contribution is 5.80. The van der Waals surface area contributed by atoms with E-state index in [2.05, 4.69) is 31.5 Å². The number of hydrogen-bond acceptors (Lipinski definition) is 6. The number of tetrazole rings is 1. The first-order chi connectivity index (χ1) is 19.1. The van der Waals surface area contributed by atoms with Gasteiger partial charge in [0.1, 0.15) is 17.6 Å². The number of nitrogens with one attached hydrogen (secondary N) is 1. The Kier molecular flexibility index (Phi) is 6.73. The van der Waals surface area contributed by atoms with Gasteiger partial charge in [-0.2, -0.15) is 0 Å². The van der Waals surface area contributed by atoms with Crippen LogP contribution in [0.15, 0.2) is 89.7 Å². The third-order valence-electron chi connectivity index (χ3n) is 7.18. The summed E-state index contributed by atoms with van der Waals surface area (Å²) in [6, 6.07) is 23.6. The molecule has 2 aromatic heterocycles. The predicted octanol–water partition coefficient (Wildman–Crippen LogP) is 4.59. The van der Waals surface area contributed by atoms with Crippen LogP contribution >= 0.6 is 0 Å². The van der Waals surface area contributed by atoms with Crippen LogP contribution in [0.2, 0.25) is 0 Å². The molecule has 1 atom stereocenters. The molecule has 1 unspecified atom stereocenters. The number of fused-ring (bicyclic) bond motifs is 1. The Morgan fingerprint density at radius 3 is 2.62 bits per heavy atom. The van der Waals surface area contributed by atoms with Crippen LogP contribution < -0.4 is 10.3 Å². The van der Waals surface area contributed by atoms with E-state index in [1.54, 1.807) is 23.9 Å². The maximum atomic E-state index is 13.5. The fourth-order valence-corrected chi connectivity index (χ4v) is 5.15. The van der Waals surface area contributed by atoms with Gasteiger partial charge in [-0.25, -0.2) is 9.07 Å². The molecule has 196 valence electrons. The molecule has 1 N–H and O–H groups in total. The van der Waals surface area contributed by atoms with Gasteiger partial charge in [0.25, 0.3) is 5.56 Å². The largest absolute Gasteiger partial charge is 0.497 e. The standard InChI is InChI=1S/C30H27FN6O2/c1-39-25-12-9-23-17-26(30(38)32-27(23)18-25)28(29-33-34-35-37(29)19-20-5-3-2-4-6-20)36-15-13-22(14-16-36)21-7-10-24(31)11-8-21/h2-13,17-18,28H,14-16,19H2,1H3,(H,32,38). The lowest BCUT2D eigenvalue weighted by Crippen LogP contribution is -2.38.